The normalized spacial score (nSPS) is 12.2. The Bertz CT molecular complexity index is 649. The summed E-state index contributed by atoms with van der Waals surface area (Å²) in [6, 6.07) is 1.31. The Morgan fingerprint density at radius 3 is 3.00 bits per heavy atom. The average Bonchev–Trinajstić information content (AvgIpc) is 2.80. The first kappa shape index (κ1) is 16.0. The molecular formula is C13H14BrFN4OS. The third-order valence-electron chi connectivity index (χ3n) is 2.75. The molecule has 0 aliphatic carbocycles. The second kappa shape index (κ2) is 7.04. The molecule has 0 aliphatic rings. The molecule has 0 saturated carbocycles. The van der Waals surface area contributed by atoms with Crippen LogP contribution in [0.5, 0.6) is 0 Å². The average molecular weight is 373 g/mol. The second-order valence-electron chi connectivity index (χ2n) is 4.49. The van der Waals surface area contributed by atoms with Crippen molar-refractivity contribution in [2.45, 2.75) is 6.92 Å². The minimum atomic E-state index is -0.446. The summed E-state index contributed by atoms with van der Waals surface area (Å²) in [5.74, 6) is 0.108. The lowest BCUT2D eigenvalue weighted by atomic mass is 10.2. The molecule has 0 radical (unpaired) electrons. The number of carbonyl (C=O) groups is 1. The highest BCUT2D eigenvalue weighted by atomic mass is 79.9. The number of carbonyl (C=O) groups excluding carboxylic acids is 1. The standard InChI is InChI=1S/C13H14BrFN4OS/c1-8(7-21-2)13(20)17-11-6-19(18-12(11)14)10-3-9(15)4-16-5-10/h3-6,8H,7H2,1-2H3,(H,17,20). The molecule has 1 unspecified atom stereocenters. The van der Waals surface area contributed by atoms with Crippen LogP contribution >= 0.6 is 27.7 Å². The van der Waals surface area contributed by atoms with Gasteiger partial charge in [-0.15, -0.1) is 0 Å². The molecule has 5 nitrogen and oxygen atoms in total. The van der Waals surface area contributed by atoms with E-state index in [1.807, 2.05) is 13.2 Å². The highest BCUT2D eigenvalue weighted by Crippen LogP contribution is 2.23. The van der Waals surface area contributed by atoms with Gasteiger partial charge in [-0.1, -0.05) is 6.92 Å². The van der Waals surface area contributed by atoms with Crippen LogP contribution in [0.25, 0.3) is 5.69 Å². The molecule has 0 fully saturated rings. The number of hydrogen-bond acceptors (Lipinski definition) is 4. The van der Waals surface area contributed by atoms with Gasteiger partial charge < -0.3 is 5.32 Å². The predicted molar refractivity (Wildman–Crippen MR) is 85.2 cm³/mol. The number of hydrogen-bond donors (Lipinski definition) is 1. The van der Waals surface area contributed by atoms with Gasteiger partial charge in [-0.3, -0.25) is 9.78 Å². The third kappa shape index (κ3) is 4.04. The van der Waals surface area contributed by atoms with Gasteiger partial charge in [0.1, 0.15) is 5.82 Å². The smallest absolute Gasteiger partial charge is 0.228 e. The van der Waals surface area contributed by atoms with Crippen LogP contribution in [-0.2, 0) is 4.79 Å². The molecule has 2 aromatic rings. The van der Waals surface area contributed by atoms with E-state index in [9.17, 15) is 9.18 Å². The van der Waals surface area contributed by atoms with Gasteiger partial charge in [0, 0.05) is 17.7 Å². The molecule has 1 atom stereocenters. The van der Waals surface area contributed by atoms with Gasteiger partial charge in [-0.2, -0.15) is 16.9 Å². The molecule has 2 heterocycles. The SMILES string of the molecule is CSCC(C)C(=O)Nc1cn(-c2cncc(F)c2)nc1Br. The van der Waals surface area contributed by atoms with Gasteiger partial charge in [0.15, 0.2) is 4.60 Å². The minimum Gasteiger partial charge on any atom is -0.322 e. The Morgan fingerprint density at radius 2 is 2.33 bits per heavy atom. The van der Waals surface area contributed by atoms with E-state index in [4.69, 9.17) is 0 Å². The topological polar surface area (TPSA) is 59.8 Å². The predicted octanol–water partition coefficient (Wildman–Crippen LogP) is 3.11. The van der Waals surface area contributed by atoms with Crippen LogP contribution in [0.1, 0.15) is 6.92 Å². The first-order chi connectivity index (χ1) is 10.0. The molecule has 21 heavy (non-hydrogen) atoms. The van der Waals surface area contributed by atoms with Gasteiger partial charge in [-0.05, 0) is 22.2 Å². The highest BCUT2D eigenvalue weighted by Gasteiger charge is 2.16. The lowest BCUT2D eigenvalue weighted by molar-refractivity contribution is -0.118. The summed E-state index contributed by atoms with van der Waals surface area (Å²) in [5, 5.41) is 6.99. The lowest BCUT2D eigenvalue weighted by Gasteiger charge is -2.09. The number of amides is 1. The fraction of sp³-hybridized carbons (Fsp3) is 0.308. The fourth-order valence-corrected chi connectivity index (χ4v) is 2.70. The van der Waals surface area contributed by atoms with Gasteiger partial charge in [0.05, 0.1) is 30.0 Å². The van der Waals surface area contributed by atoms with E-state index in [1.54, 1.807) is 18.0 Å². The molecule has 0 aromatic carbocycles. The van der Waals surface area contributed by atoms with E-state index in [1.165, 1.54) is 16.9 Å². The second-order valence-corrected chi connectivity index (χ2v) is 6.15. The zero-order valence-electron chi connectivity index (χ0n) is 11.5. The van der Waals surface area contributed by atoms with Gasteiger partial charge in [-0.25, -0.2) is 9.07 Å². The number of nitrogens with zero attached hydrogens (tertiary/aromatic N) is 3. The first-order valence-electron chi connectivity index (χ1n) is 6.17. The molecule has 0 spiro atoms. The number of rotatable bonds is 5. The molecule has 0 saturated heterocycles. The van der Waals surface area contributed by atoms with Gasteiger partial charge in [0.2, 0.25) is 5.91 Å². The third-order valence-corrected chi connectivity index (χ3v) is 4.17. The maximum Gasteiger partial charge on any atom is 0.228 e. The molecule has 2 rings (SSSR count). The van der Waals surface area contributed by atoms with E-state index in [0.717, 1.165) is 11.9 Å². The van der Waals surface area contributed by atoms with Crippen molar-refractivity contribution in [1.29, 1.82) is 0 Å². The molecule has 1 N–H and O–H groups in total. The largest absolute Gasteiger partial charge is 0.322 e. The molecule has 0 bridgehead atoms. The van der Waals surface area contributed by atoms with Crippen molar-refractivity contribution in [3.8, 4) is 5.69 Å². The zero-order valence-corrected chi connectivity index (χ0v) is 13.9. The first-order valence-corrected chi connectivity index (χ1v) is 8.36. The van der Waals surface area contributed by atoms with E-state index < -0.39 is 5.82 Å². The van der Waals surface area contributed by atoms with Gasteiger partial charge in [0.25, 0.3) is 0 Å². The monoisotopic (exact) mass is 372 g/mol. The van der Waals surface area contributed by atoms with Crippen molar-refractivity contribution in [3.63, 3.8) is 0 Å². The molecule has 0 aliphatic heterocycles. The number of pyridine rings is 1. The van der Waals surface area contributed by atoms with E-state index >= 15 is 0 Å². The van der Waals surface area contributed by atoms with Crippen LogP contribution in [-0.4, -0.2) is 32.7 Å². The Labute approximate surface area is 134 Å². The minimum absolute atomic E-state index is 0.0815. The number of nitrogens with one attached hydrogen (secondary N) is 1. The van der Waals surface area contributed by atoms with Crippen molar-refractivity contribution in [2.24, 2.45) is 5.92 Å². The molecular weight excluding hydrogens is 359 g/mol. The van der Waals surface area contributed by atoms with Crippen LogP contribution in [0, 0.1) is 11.7 Å². The maximum absolute atomic E-state index is 13.2. The van der Waals surface area contributed by atoms with Gasteiger partial charge >= 0.3 is 0 Å². The highest BCUT2D eigenvalue weighted by molar-refractivity contribution is 9.10. The van der Waals surface area contributed by atoms with Crippen LogP contribution in [0.4, 0.5) is 10.1 Å². The quantitative estimate of drug-likeness (QED) is 0.875. The molecule has 112 valence electrons. The van der Waals surface area contributed by atoms with Crippen molar-refractivity contribution >= 4 is 39.3 Å². The summed E-state index contributed by atoms with van der Waals surface area (Å²) in [6.07, 6.45) is 6.18. The molecule has 8 heteroatoms. The summed E-state index contributed by atoms with van der Waals surface area (Å²) < 4.78 is 15.1. The Kier molecular flexibility index (Phi) is 5.35. The van der Waals surface area contributed by atoms with E-state index in [-0.39, 0.29) is 11.8 Å². The Balaban J connectivity index is 2.18. The van der Waals surface area contributed by atoms with Crippen LogP contribution < -0.4 is 5.32 Å². The van der Waals surface area contributed by atoms with E-state index in [2.05, 4.69) is 31.3 Å². The number of anilines is 1. The number of aromatic nitrogens is 3. The summed E-state index contributed by atoms with van der Waals surface area (Å²) >= 11 is 4.90. The molecule has 1 amide bonds. The summed E-state index contributed by atoms with van der Waals surface area (Å²) in [6.45, 7) is 1.86. The molecule has 2 aromatic heterocycles. The number of thioether (sulfide) groups is 1. The summed E-state index contributed by atoms with van der Waals surface area (Å²) in [5.41, 5.74) is 1.02. The van der Waals surface area contributed by atoms with E-state index in [0.29, 0.717) is 16.0 Å². The van der Waals surface area contributed by atoms with Crippen LogP contribution in [0.15, 0.2) is 29.3 Å². The fourth-order valence-electron chi connectivity index (χ4n) is 1.68. The zero-order chi connectivity index (χ0) is 15.4. The Hall–Kier alpha value is -1.41. The maximum atomic E-state index is 13.2. The number of halogens is 2. The van der Waals surface area contributed by atoms with Crippen molar-refractivity contribution in [2.75, 3.05) is 17.3 Å². The van der Waals surface area contributed by atoms with Crippen molar-refractivity contribution in [1.82, 2.24) is 14.8 Å². The summed E-state index contributed by atoms with van der Waals surface area (Å²) in [4.78, 5) is 15.8. The van der Waals surface area contributed by atoms with Crippen molar-refractivity contribution < 1.29 is 9.18 Å². The van der Waals surface area contributed by atoms with Crippen molar-refractivity contribution in [3.05, 3.63) is 35.1 Å². The van der Waals surface area contributed by atoms with Crippen LogP contribution in [0.2, 0.25) is 0 Å². The lowest BCUT2D eigenvalue weighted by Crippen LogP contribution is -2.22. The summed E-state index contributed by atoms with van der Waals surface area (Å²) in [7, 11) is 0. The Morgan fingerprint density at radius 1 is 1.57 bits per heavy atom. The van der Waals surface area contributed by atoms with Crippen LogP contribution in [0.3, 0.4) is 0 Å².